The Kier molecular flexibility index (Phi) is 4.31. The largest absolute Gasteiger partial charge is 0.493 e. The minimum atomic E-state index is 0.191. The van der Waals surface area contributed by atoms with E-state index in [-0.39, 0.29) is 6.04 Å². The summed E-state index contributed by atoms with van der Waals surface area (Å²) in [4.78, 5) is 1.28. The molecule has 0 radical (unpaired) electrons. The Balaban J connectivity index is 1.98. The fraction of sp³-hybridized carbons (Fsp3) is 0.312. The third-order valence-electron chi connectivity index (χ3n) is 3.71. The highest BCUT2D eigenvalue weighted by Gasteiger charge is 2.29. The van der Waals surface area contributed by atoms with Crippen LogP contribution in [0.25, 0.3) is 0 Å². The molecule has 1 aliphatic rings. The normalized spacial score (nSPS) is 17.5. The monoisotopic (exact) mass is 317 g/mol. The highest BCUT2D eigenvalue weighted by atomic mass is 32.1. The van der Waals surface area contributed by atoms with Crippen LogP contribution in [0.5, 0.6) is 11.5 Å². The molecular formula is C16H19N3O2S. The topological polar surface area (TPSA) is 60.1 Å². The van der Waals surface area contributed by atoms with Crippen molar-refractivity contribution in [2.75, 3.05) is 25.8 Å². The first-order valence-electron chi connectivity index (χ1n) is 7.08. The molecule has 2 aromatic rings. The maximum atomic E-state index is 5.79. The van der Waals surface area contributed by atoms with Gasteiger partial charge in [-0.05, 0) is 23.6 Å². The molecule has 0 fully saturated rings. The van der Waals surface area contributed by atoms with Crippen LogP contribution in [0, 0.1) is 0 Å². The molecule has 0 aliphatic carbocycles. The van der Waals surface area contributed by atoms with E-state index >= 15 is 0 Å². The average molecular weight is 317 g/mol. The molecule has 116 valence electrons. The second-order valence-electron chi connectivity index (χ2n) is 4.99. The molecule has 1 atom stereocenters. The van der Waals surface area contributed by atoms with Crippen LogP contribution in [-0.4, -0.2) is 26.5 Å². The summed E-state index contributed by atoms with van der Waals surface area (Å²) >= 11 is 1.74. The molecule has 1 aromatic heterocycles. The molecule has 0 amide bonds. The first-order valence-corrected chi connectivity index (χ1v) is 7.96. The second kappa shape index (κ2) is 6.37. The lowest BCUT2D eigenvalue weighted by atomic mass is 10.1. The summed E-state index contributed by atoms with van der Waals surface area (Å²) < 4.78 is 10.7. The number of nitrogens with zero attached hydrogens (tertiary/aromatic N) is 2. The molecule has 2 heterocycles. The van der Waals surface area contributed by atoms with E-state index in [9.17, 15) is 0 Å². The van der Waals surface area contributed by atoms with Crippen LogP contribution < -0.4 is 20.2 Å². The fourth-order valence-electron chi connectivity index (χ4n) is 2.60. The van der Waals surface area contributed by atoms with E-state index in [0.717, 1.165) is 17.8 Å². The number of nitrogens with two attached hydrogens (primary N) is 1. The van der Waals surface area contributed by atoms with Crippen molar-refractivity contribution in [3.63, 3.8) is 0 Å². The van der Waals surface area contributed by atoms with E-state index in [2.05, 4.69) is 22.6 Å². The standard InChI is InChI=1S/C16H19N3O2S/c1-20-14-6-5-12(9-15(14)21-2)19-13(8-11(10-17)18-19)16-4-3-7-22-16/h3-7,9,13H,8,10,17H2,1-2H3. The van der Waals surface area contributed by atoms with E-state index in [0.29, 0.717) is 18.0 Å². The van der Waals surface area contributed by atoms with Gasteiger partial charge in [-0.15, -0.1) is 11.3 Å². The van der Waals surface area contributed by atoms with Crippen molar-refractivity contribution in [2.45, 2.75) is 12.5 Å². The van der Waals surface area contributed by atoms with Crippen molar-refractivity contribution >= 4 is 22.7 Å². The summed E-state index contributed by atoms with van der Waals surface area (Å²) in [5, 5.41) is 8.79. The second-order valence-corrected chi connectivity index (χ2v) is 5.97. The summed E-state index contributed by atoms with van der Waals surface area (Å²) in [6.45, 7) is 0.478. The van der Waals surface area contributed by atoms with E-state index in [4.69, 9.17) is 15.2 Å². The van der Waals surface area contributed by atoms with Crippen molar-refractivity contribution in [3.8, 4) is 11.5 Å². The van der Waals surface area contributed by atoms with Gasteiger partial charge >= 0.3 is 0 Å². The maximum Gasteiger partial charge on any atom is 0.162 e. The third-order valence-corrected chi connectivity index (χ3v) is 4.69. The number of anilines is 1. The van der Waals surface area contributed by atoms with Crippen molar-refractivity contribution < 1.29 is 9.47 Å². The van der Waals surface area contributed by atoms with Crippen molar-refractivity contribution in [1.29, 1.82) is 0 Å². The van der Waals surface area contributed by atoms with E-state index in [1.807, 2.05) is 23.2 Å². The predicted octanol–water partition coefficient (Wildman–Crippen LogP) is 3.03. The molecule has 1 unspecified atom stereocenters. The molecule has 0 bridgehead atoms. The zero-order valence-electron chi connectivity index (χ0n) is 12.7. The van der Waals surface area contributed by atoms with Crippen LogP contribution in [0.2, 0.25) is 0 Å². The number of hydrazone groups is 1. The Morgan fingerprint density at radius 2 is 2.09 bits per heavy atom. The lowest BCUT2D eigenvalue weighted by molar-refractivity contribution is 0.355. The molecule has 3 rings (SSSR count). The van der Waals surface area contributed by atoms with Gasteiger partial charge in [-0.3, -0.25) is 5.01 Å². The zero-order valence-corrected chi connectivity index (χ0v) is 13.5. The minimum absolute atomic E-state index is 0.191. The highest BCUT2D eigenvalue weighted by molar-refractivity contribution is 7.10. The molecule has 1 aliphatic heterocycles. The number of hydrogen-bond donors (Lipinski definition) is 1. The minimum Gasteiger partial charge on any atom is -0.493 e. The summed E-state index contributed by atoms with van der Waals surface area (Å²) in [5.74, 6) is 1.41. The Morgan fingerprint density at radius 3 is 2.73 bits per heavy atom. The lowest BCUT2D eigenvalue weighted by Crippen LogP contribution is -2.17. The molecule has 2 N–H and O–H groups in total. The van der Waals surface area contributed by atoms with Gasteiger partial charge in [0, 0.05) is 23.9 Å². The Hall–Kier alpha value is -2.05. The molecule has 22 heavy (non-hydrogen) atoms. The van der Waals surface area contributed by atoms with Gasteiger partial charge in [0.15, 0.2) is 11.5 Å². The van der Waals surface area contributed by atoms with Crippen LogP contribution in [0.1, 0.15) is 17.3 Å². The van der Waals surface area contributed by atoms with E-state index < -0.39 is 0 Å². The zero-order chi connectivity index (χ0) is 15.5. The number of thiophene rings is 1. The number of methoxy groups -OCH3 is 2. The highest BCUT2D eigenvalue weighted by Crippen LogP contribution is 2.40. The number of ether oxygens (including phenoxy) is 2. The van der Waals surface area contributed by atoms with Crippen molar-refractivity contribution in [2.24, 2.45) is 10.8 Å². The van der Waals surface area contributed by atoms with Gasteiger partial charge in [-0.2, -0.15) is 5.10 Å². The molecule has 0 saturated carbocycles. The summed E-state index contributed by atoms with van der Waals surface area (Å²) in [7, 11) is 3.27. The van der Waals surface area contributed by atoms with Gasteiger partial charge in [-0.25, -0.2) is 0 Å². The van der Waals surface area contributed by atoms with Gasteiger partial charge in [0.2, 0.25) is 0 Å². The summed E-state index contributed by atoms with van der Waals surface area (Å²) in [6.07, 6.45) is 0.853. The Morgan fingerprint density at radius 1 is 1.27 bits per heavy atom. The smallest absolute Gasteiger partial charge is 0.162 e. The SMILES string of the molecule is COc1ccc(N2N=C(CN)CC2c2cccs2)cc1OC. The van der Waals surface area contributed by atoms with Gasteiger partial charge in [-0.1, -0.05) is 6.07 Å². The van der Waals surface area contributed by atoms with Gasteiger partial charge in [0.25, 0.3) is 0 Å². The first kappa shape index (κ1) is 14.9. The van der Waals surface area contributed by atoms with Crippen LogP contribution in [0.4, 0.5) is 5.69 Å². The van der Waals surface area contributed by atoms with Crippen LogP contribution >= 0.6 is 11.3 Å². The van der Waals surface area contributed by atoms with Crippen LogP contribution in [-0.2, 0) is 0 Å². The summed E-state index contributed by atoms with van der Waals surface area (Å²) in [5.41, 5.74) is 7.77. The maximum absolute atomic E-state index is 5.79. The molecule has 1 aromatic carbocycles. The third kappa shape index (κ3) is 2.67. The summed E-state index contributed by atoms with van der Waals surface area (Å²) in [6, 6.07) is 10.2. The quantitative estimate of drug-likeness (QED) is 0.921. The first-order chi connectivity index (χ1) is 10.8. The Labute approximate surface area is 134 Å². The van der Waals surface area contributed by atoms with Crippen LogP contribution in [0.15, 0.2) is 40.8 Å². The molecular weight excluding hydrogens is 298 g/mol. The molecule has 5 nitrogen and oxygen atoms in total. The van der Waals surface area contributed by atoms with Gasteiger partial charge in [0.05, 0.1) is 31.7 Å². The average Bonchev–Trinajstić information content (AvgIpc) is 3.22. The van der Waals surface area contributed by atoms with E-state index in [1.165, 1.54) is 4.88 Å². The Bertz CT molecular complexity index is 670. The van der Waals surface area contributed by atoms with E-state index in [1.54, 1.807) is 25.6 Å². The van der Waals surface area contributed by atoms with Crippen molar-refractivity contribution in [3.05, 3.63) is 40.6 Å². The number of rotatable bonds is 5. The molecule has 0 spiro atoms. The van der Waals surface area contributed by atoms with Gasteiger partial charge in [0.1, 0.15) is 0 Å². The van der Waals surface area contributed by atoms with Crippen LogP contribution in [0.3, 0.4) is 0 Å². The number of hydrogen-bond acceptors (Lipinski definition) is 6. The predicted molar refractivity (Wildman–Crippen MR) is 90.2 cm³/mol. The van der Waals surface area contributed by atoms with Gasteiger partial charge < -0.3 is 15.2 Å². The van der Waals surface area contributed by atoms with Crippen molar-refractivity contribution in [1.82, 2.24) is 0 Å². The molecule has 0 saturated heterocycles. The fourth-order valence-corrected chi connectivity index (χ4v) is 3.42. The molecule has 6 heteroatoms. The lowest BCUT2D eigenvalue weighted by Gasteiger charge is -2.23. The number of benzene rings is 1.